The second-order valence-corrected chi connectivity index (χ2v) is 13.5. The average molecular weight is 581 g/mol. The van der Waals surface area contributed by atoms with Gasteiger partial charge >= 0.3 is 5.97 Å². The Kier molecular flexibility index (Phi) is 10.2. The summed E-state index contributed by atoms with van der Waals surface area (Å²) in [6.45, 7) is 5.89. The maximum Gasteiger partial charge on any atom is 0.306 e. The number of hydrogen-bond acceptors (Lipinski definition) is 8. The number of aryl methyl sites for hydroxylation is 1. The van der Waals surface area contributed by atoms with Crippen LogP contribution in [0.15, 0.2) is 59.7 Å². The van der Waals surface area contributed by atoms with Crippen LogP contribution in [0.2, 0.25) is 0 Å². The van der Waals surface area contributed by atoms with Crippen LogP contribution in [0.25, 0.3) is 0 Å². The van der Waals surface area contributed by atoms with E-state index >= 15 is 0 Å². The number of phenols is 2. The van der Waals surface area contributed by atoms with Crippen molar-refractivity contribution < 1.29 is 29.3 Å². The van der Waals surface area contributed by atoms with E-state index in [2.05, 4.69) is 31.2 Å². The highest BCUT2D eigenvalue weighted by Gasteiger charge is 2.35. The lowest BCUT2D eigenvalue weighted by Crippen LogP contribution is -2.29. The molecule has 0 radical (unpaired) electrons. The van der Waals surface area contributed by atoms with Crippen LogP contribution in [-0.2, 0) is 9.53 Å². The highest BCUT2D eigenvalue weighted by molar-refractivity contribution is 8.17. The van der Waals surface area contributed by atoms with E-state index in [1.54, 1.807) is 0 Å². The zero-order valence-electron chi connectivity index (χ0n) is 23.1. The maximum absolute atomic E-state index is 13.3. The summed E-state index contributed by atoms with van der Waals surface area (Å²) in [5.74, 6) is -1.31. The minimum atomic E-state index is -0.963. The summed E-state index contributed by atoms with van der Waals surface area (Å²) < 4.78 is 6.18. The highest BCUT2D eigenvalue weighted by atomic mass is 32.2. The number of allylic oxidation sites excluding steroid dienone is 2. The van der Waals surface area contributed by atoms with E-state index in [9.17, 15) is 24.6 Å². The van der Waals surface area contributed by atoms with Crippen LogP contribution < -0.4 is 0 Å². The topological polar surface area (TPSA) is 101 Å². The summed E-state index contributed by atoms with van der Waals surface area (Å²) in [5, 5.41) is 20.9. The molecule has 4 rings (SSSR count). The second-order valence-electron chi connectivity index (χ2n) is 10.5. The third-order valence-electron chi connectivity index (χ3n) is 7.08. The van der Waals surface area contributed by atoms with Crippen LogP contribution in [0, 0.1) is 6.92 Å². The van der Waals surface area contributed by atoms with Gasteiger partial charge in [0.1, 0.15) is 17.6 Å². The van der Waals surface area contributed by atoms with Crippen molar-refractivity contribution in [1.29, 1.82) is 0 Å². The van der Waals surface area contributed by atoms with E-state index in [1.807, 2.05) is 43.4 Å². The van der Waals surface area contributed by atoms with Gasteiger partial charge in [0.15, 0.2) is 11.6 Å². The van der Waals surface area contributed by atoms with Crippen molar-refractivity contribution in [2.45, 2.75) is 75.2 Å². The number of carbonyl (C=O) groups is 3. The Hall–Kier alpha value is -2.97. The van der Waals surface area contributed by atoms with Crippen molar-refractivity contribution in [2.75, 3.05) is 5.75 Å². The molecule has 0 amide bonds. The van der Waals surface area contributed by atoms with E-state index in [-0.39, 0.29) is 35.3 Å². The molecule has 1 unspecified atom stereocenters. The molecule has 1 heterocycles. The van der Waals surface area contributed by atoms with Crippen LogP contribution in [-0.4, -0.2) is 44.9 Å². The quantitative estimate of drug-likeness (QED) is 0.129. The molecule has 1 aliphatic carbocycles. The van der Waals surface area contributed by atoms with Crippen molar-refractivity contribution in [1.82, 2.24) is 0 Å². The van der Waals surface area contributed by atoms with E-state index in [1.165, 1.54) is 23.3 Å². The number of hydrogen-bond donors (Lipinski definition) is 2. The first-order valence-corrected chi connectivity index (χ1v) is 15.6. The zero-order valence-corrected chi connectivity index (χ0v) is 24.8. The van der Waals surface area contributed by atoms with Gasteiger partial charge in [-0.3, -0.25) is 14.4 Å². The van der Waals surface area contributed by atoms with Crippen LogP contribution in [0.4, 0.5) is 0 Å². The molecule has 0 aromatic heterocycles. The zero-order chi connectivity index (χ0) is 28.8. The first kappa shape index (κ1) is 30.0. The fourth-order valence-electron chi connectivity index (χ4n) is 4.86. The Morgan fingerprint density at radius 2 is 1.75 bits per heavy atom. The number of fused-ring (bicyclic) bond motifs is 1. The number of Topliss-reactive ketones (excluding diaryl/α,β-unsaturated/α-hetero) is 1. The summed E-state index contributed by atoms with van der Waals surface area (Å²) in [6.07, 6.45) is 6.20. The van der Waals surface area contributed by atoms with Crippen LogP contribution in [0.1, 0.15) is 88.8 Å². The molecule has 3 atom stereocenters. The number of esters is 1. The number of phenolic OH excluding ortho intramolecular Hbond substituents is 2. The standard InChI is InChI=1S/C32H36O6S2/c1-19(2)8-15-27(23-18-26(35)29-24(33)13-14-25(34)30(29)31(23)37)38-28(36)7-5-4-6-22-16-17-39-32(40-22)21-11-9-20(3)10-12-21/h8-14,18,22,27,32-34H,4-7,15-17H2,1-3H3/t22-,27-,32?/m1/s1. The number of rotatable bonds is 10. The first-order valence-electron chi connectivity index (χ1n) is 13.7. The van der Waals surface area contributed by atoms with Gasteiger partial charge in [0, 0.05) is 23.7 Å². The molecule has 6 nitrogen and oxygen atoms in total. The first-order chi connectivity index (χ1) is 19.1. The van der Waals surface area contributed by atoms with Gasteiger partial charge in [-0.1, -0.05) is 47.9 Å². The van der Waals surface area contributed by atoms with Gasteiger partial charge in [0.05, 0.1) is 15.7 Å². The number of aromatic hydroxyl groups is 2. The van der Waals surface area contributed by atoms with Gasteiger partial charge in [-0.05, 0) is 69.6 Å². The third kappa shape index (κ3) is 7.40. The summed E-state index contributed by atoms with van der Waals surface area (Å²) in [4.78, 5) is 38.9. The highest BCUT2D eigenvalue weighted by Crippen LogP contribution is 2.48. The van der Waals surface area contributed by atoms with Gasteiger partial charge < -0.3 is 14.9 Å². The number of unbranched alkanes of at least 4 members (excludes halogenated alkanes) is 1. The fourth-order valence-corrected chi connectivity index (χ4v) is 8.29. The Morgan fingerprint density at radius 1 is 1.05 bits per heavy atom. The molecule has 2 N–H and O–H groups in total. The van der Waals surface area contributed by atoms with Crippen LogP contribution >= 0.6 is 23.5 Å². The van der Waals surface area contributed by atoms with Crippen molar-refractivity contribution in [2.24, 2.45) is 0 Å². The summed E-state index contributed by atoms with van der Waals surface area (Å²) in [7, 11) is 0. The maximum atomic E-state index is 13.3. The molecule has 0 bridgehead atoms. The van der Waals surface area contributed by atoms with E-state index in [0.29, 0.717) is 16.3 Å². The van der Waals surface area contributed by atoms with Crippen LogP contribution in [0.3, 0.4) is 0 Å². The number of ether oxygens (including phenoxy) is 1. The Morgan fingerprint density at radius 3 is 2.45 bits per heavy atom. The molecule has 0 saturated carbocycles. The Bertz CT molecular complexity index is 1320. The smallest absolute Gasteiger partial charge is 0.306 e. The van der Waals surface area contributed by atoms with Crippen molar-refractivity contribution >= 4 is 41.1 Å². The molecule has 8 heteroatoms. The lowest BCUT2D eigenvalue weighted by molar-refractivity contribution is -0.147. The predicted molar refractivity (Wildman–Crippen MR) is 161 cm³/mol. The SMILES string of the molecule is CC(C)=CC[C@@H](OC(=O)CCCC[C@@H]1CCSC(c2ccc(C)cc2)S1)C1=CC(=O)c2c(O)ccc(O)c2C1=O. The van der Waals surface area contributed by atoms with Gasteiger partial charge in [-0.25, -0.2) is 0 Å². The predicted octanol–water partition coefficient (Wildman–Crippen LogP) is 7.48. The lowest BCUT2D eigenvalue weighted by atomic mass is 9.85. The molecule has 1 fully saturated rings. The lowest BCUT2D eigenvalue weighted by Gasteiger charge is -2.29. The number of carbonyl (C=O) groups excluding carboxylic acids is 3. The number of benzene rings is 2. The average Bonchev–Trinajstić information content (AvgIpc) is 2.93. The third-order valence-corrected chi connectivity index (χ3v) is 10.2. The molecule has 2 aliphatic rings. The number of thioether (sulfide) groups is 2. The number of ketones is 2. The van der Waals surface area contributed by atoms with E-state index in [0.717, 1.165) is 36.7 Å². The fraction of sp³-hybridized carbons (Fsp3) is 0.406. The normalized spacial score (nSPS) is 19.4. The van der Waals surface area contributed by atoms with Crippen molar-refractivity contribution in [3.63, 3.8) is 0 Å². The molecule has 1 aliphatic heterocycles. The summed E-state index contributed by atoms with van der Waals surface area (Å²) in [6, 6.07) is 11.1. The monoisotopic (exact) mass is 580 g/mol. The van der Waals surface area contributed by atoms with Gasteiger partial charge in [0.2, 0.25) is 0 Å². The molecule has 2 aromatic carbocycles. The Balaban J connectivity index is 1.34. The molecule has 2 aromatic rings. The molecular weight excluding hydrogens is 544 g/mol. The second kappa shape index (κ2) is 13.6. The molecular formula is C32H36O6S2. The Labute approximate surface area is 244 Å². The van der Waals surface area contributed by atoms with E-state index < -0.39 is 29.4 Å². The van der Waals surface area contributed by atoms with Gasteiger partial charge in [-0.15, -0.1) is 23.5 Å². The molecule has 0 spiro atoms. The van der Waals surface area contributed by atoms with Gasteiger partial charge in [-0.2, -0.15) is 0 Å². The summed E-state index contributed by atoms with van der Waals surface area (Å²) >= 11 is 4.00. The largest absolute Gasteiger partial charge is 0.507 e. The minimum Gasteiger partial charge on any atom is -0.507 e. The van der Waals surface area contributed by atoms with Crippen LogP contribution in [0.5, 0.6) is 11.5 Å². The molecule has 1 saturated heterocycles. The molecule has 40 heavy (non-hydrogen) atoms. The van der Waals surface area contributed by atoms with Crippen molar-refractivity contribution in [3.05, 3.63) is 82.0 Å². The summed E-state index contributed by atoms with van der Waals surface area (Å²) in [5.41, 5.74) is 3.11. The van der Waals surface area contributed by atoms with E-state index in [4.69, 9.17) is 4.74 Å². The van der Waals surface area contributed by atoms with Crippen molar-refractivity contribution in [3.8, 4) is 11.5 Å². The van der Waals surface area contributed by atoms with Gasteiger partial charge in [0.25, 0.3) is 0 Å². The minimum absolute atomic E-state index is 0.00232. The molecule has 212 valence electrons.